The van der Waals surface area contributed by atoms with Gasteiger partial charge in [-0.3, -0.25) is 4.79 Å². The van der Waals surface area contributed by atoms with Crippen molar-refractivity contribution in [2.24, 2.45) is 0 Å². The van der Waals surface area contributed by atoms with Crippen LogP contribution in [0.3, 0.4) is 0 Å². The molecule has 1 heterocycles. The second-order valence-corrected chi connectivity index (χ2v) is 15.5. The second-order valence-electron chi connectivity index (χ2n) is 15.5. The van der Waals surface area contributed by atoms with Crippen molar-refractivity contribution in [3.05, 3.63) is 0 Å². The lowest BCUT2D eigenvalue weighted by molar-refractivity contribution is -0.305. The highest BCUT2D eigenvalue weighted by Gasteiger charge is 2.44. The normalized spacial score (nSPS) is 21.1. The lowest BCUT2D eigenvalue weighted by Crippen LogP contribution is -2.59. The molecule has 6 atom stereocenters. The summed E-state index contributed by atoms with van der Waals surface area (Å²) in [4.78, 5) is 12.6. The van der Waals surface area contributed by atoms with Crippen LogP contribution in [0.15, 0.2) is 0 Å². The molecular formula is C43H84O9. The maximum absolute atomic E-state index is 12.6. The third kappa shape index (κ3) is 26.9. The number of carbonyl (C=O) groups excluding carboxylic acids is 1. The van der Waals surface area contributed by atoms with E-state index in [2.05, 4.69) is 13.8 Å². The molecule has 0 aliphatic carbocycles. The van der Waals surface area contributed by atoms with Crippen LogP contribution in [0.25, 0.3) is 0 Å². The van der Waals surface area contributed by atoms with Crippen molar-refractivity contribution in [3.63, 3.8) is 0 Å². The molecule has 0 radical (unpaired) electrons. The number of unbranched alkanes of at least 4 members (excludes halogenated alkanes) is 27. The first-order chi connectivity index (χ1) is 25.4. The fourth-order valence-corrected chi connectivity index (χ4v) is 7.02. The Balaban J connectivity index is 2.16. The van der Waals surface area contributed by atoms with Crippen molar-refractivity contribution in [1.82, 2.24) is 0 Å². The van der Waals surface area contributed by atoms with Crippen molar-refractivity contribution in [1.29, 1.82) is 0 Å². The summed E-state index contributed by atoms with van der Waals surface area (Å²) in [6.45, 7) is 4.56. The highest BCUT2D eigenvalue weighted by molar-refractivity contribution is 5.69. The van der Waals surface area contributed by atoms with Gasteiger partial charge in [-0.15, -0.1) is 0 Å². The molecule has 0 aromatic carbocycles. The van der Waals surface area contributed by atoms with Crippen LogP contribution in [-0.4, -0.2) is 89.6 Å². The first kappa shape index (κ1) is 49.2. The van der Waals surface area contributed by atoms with Crippen molar-refractivity contribution in [2.75, 3.05) is 26.4 Å². The molecule has 1 rings (SSSR count). The standard InChI is InChI=1S/C43H84O9/c1-3-5-7-9-11-13-14-15-16-17-18-19-20-21-22-23-24-25-27-29-31-33-49-35-37(51-39(45)32-30-28-26-12-10-8-6-4-2)36-50-43-42(48)41(47)40(46)38(34-44)52-43/h37-38,40-44,46-48H,3-36H2,1-2H3. The minimum absolute atomic E-state index is 0.106. The van der Waals surface area contributed by atoms with E-state index in [9.17, 15) is 25.2 Å². The Hall–Kier alpha value is -0.810. The molecule has 6 unspecified atom stereocenters. The summed E-state index contributed by atoms with van der Waals surface area (Å²) < 4.78 is 22.7. The molecule has 1 fully saturated rings. The van der Waals surface area contributed by atoms with E-state index < -0.39 is 43.4 Å². The largest absolute Gasteiger partial charge is 0.457 e. The van der Waals surface area contributed by atoms with Crippen molar-refractivity contribution < 1.29 is 44.2 Å². The Labute approximate surface area is 319 Å². The van der Waals surface area contributed by atoms with Crippen LogP contribution in [0.4, 0.5) is 0 Å². The van der Waals surface area contributed by atoms with Crippen LogP contribution in [0.5, 0.6) is 0 Å². The van der Waals surface area contributed by atoms with Gasteiger partial charge < -0.3 is 39.4 Å². The fourth-order valence-electron chi connectivity index (χ4n) is 7.02. The van der Waals surface area contributed by atoms with E-state index in [1.54, 1.807) is 0 Å². The van der Waals surface area contributed by atoms with Crippen LogP contribution in [0.1, 0.15) is 206 Å². The van der Waals surface area contributed by atoms with Crippen LogP contribution in [0, 0.1) is 0 Å². The Morgan fingerprint density at radius 3 is 1.37 bits per heavy atom. The Morgan fingerprint density at radius 2 is 0.942 bits per heavy atom. The predicted molar refractivity (Wildman–Crippen MR) is 210 cm³/mol. The molecule has 0 amide bonds. The van der Waals surface area contributed by atoms with Gasteiger partial charge in [0.25, 0.3) is 0 Å². The van der Waals surface area contributed by atoms with E-state index in [1.807, 2.05) is 0 Å². The molecule has 52 heavy (non-hydrogen) atoms. The zero-order valence-electron chi connectivity index (χ0n) is 33.8. The first-order valence-electron chi connectivity index (χ1n) is 22.1. The van der Waals surface area contributed by atoms with Gasteiger partial charge in [-0.2, -0.15) is 0 Å². The molecule has 9 nitrogen and oxygen atoms in total. The average Bonchev–Trinajstić information content (AvgIpc) is 3.14. The molecule has 0 spiro atoms. The van der Waals surface area contributed by atoms with E-state index in [0.29, 0.717) is 13.0 Å². The molecular weight excluding hydrogens is 660 g/mol. The Morgan fingerprint density at radius 1 is 0.538 bits per heavy atom. The molecule has 0 aromatic rings. The summed E-state index contributed by atoms with van der Waals surface area (Å²) in [6.07, 6.45) is 30.1. The molecule has 0 aromatic heterocycles. The molecule has 0 saturated carbocycles. The zero-order chi connectivity index (χ0) is 37.9. The summed E-state index contributed by atoms with van der Waals surface area (Å²) in [7, 11) is 0. The van der Waals surface area contributed by atoms with E-state index in [1.165, 1.54) is 154 Å². The zero-order valence-corrected chi connectivity index (χ0v) is 33.8. The lowest BCUT2D eigenvalue weighted by Gasteiger charge is -2.39. The molecule has 0 bridgehead atoms. The van der Waals surface area contributed by atoms with Crippen molar-refractivity contribution >= 4 is 5.97 Å². The fraction of sp³-hybridized carbons (Fsp3) is 0.977. The molecule has 4 N–H and O–H groups in total. The van der Waals surface area contributed by atoms with E-state index in [-0.39, 0.29) is 19.2 Å². The summed E-state index contributed by atoms with van der Waals surface area (Å²) in [6, 6.07) is 0. The number of rotatable bonds is 38. The lowest BCUT2D eigenvalue weighted by atomic mass is 9.99. The van der Waals surface area contributed by atoms with Gasteiger partial charge in [0.1, 0.15) is 30.5 Å². The van der Waals surface area contributed by atoms with Gasteiger partial charge in [-0.05, 0) is 12.8 Å². The molecule has 9 heteroatoms. The minimum Gasteiger partial charge on any atom is -0.457 e. The van der Waals surface area contributed by atoms with Gasteiger partial charge in [-0.1, -0.05) is 187 Å². The number of ether oxygens (including phenoxy) is 4. The predicted octanol–water partition coefficient (Wildman–Crippen LogP) is 9.47. The molecule has 1 saturated heterocycles. The maximum Gasteiger partial charge on any atom is 0.306 e. The third-order valence-corrected chi connectivity index (χ3v) is 10.5. The summed E-state index contributed by atoms with van der Waals surface area (Å²) in [5.41, 5.74) is 0. The summed E-state index contributed by atoms with van der Waals surface area (Å²) in [5, 5.41) is 40.0. The highest BCUT2D eigenvalue weighted by atomic mass is 16.7. The van der Waals surface area contributed by atoms with Crippen LogP contribution < -0.4 is 0 Å². The molecule has 1 aliphatic heterocycles. The van der Waals surface area contributed by atoms with Crippen molar-refractivity contribution in [3.8, 4) is 0 Å². The number of esters is 1. The topological polar surface area (TPSA) is 135 Å². The molecule has 310 valence electrons. The van der Waals surface area contributed by atoms with Crippen LogP contribution in [-0.2, 0) is 23.7 Å². The third-order valence-electron chi connectivity index (χ3n) is 10.5. The van der Waals surface area contributed by atoms with Gasteiger partial charge in [-0.25, -0.2) is 0 Å². The van der Waals surface area contributed by atoms with E-state index in [0.717, 1.165) is 32.1 Å². The van der Waals surface area contributed by atoms with Crippen LogP contribution in [0.2, 0.25) is 0 Å². The number of hydrogen-bond donors (Lipinski definition) is 4. The van der Waals surface area contributed by atoms with Gasteiger partial charge in [0.15, 0.2) is 6.29 Å². The average molecular weight is 745 g/mol. The monoisotopic (exact) mass is 745 g/mol. The number of aliphatic hydroxyl groups is 4. The Kier molecular flexibility index (Phi) is 33.9. The van der Waals surface area contributed by atoms with Gasteiger partial charge in [0.2, 0.25) is 0 Å². The smallest absolute Gasteiger partial charge is 0.306 e. The number of aliphatic hydroxyl groups excluding tert-OH is 4. The van der Waals surface area contributed by atoms with Gasteiger partial charge >= 0.3 is 5.97 Å². The molecule has 1 aliphatic rings. The van der Waals surface area contributed by atoms with E-state index >= 15 is 0 Å². The second kappa shape index (κ2) is 35.9. The minimum atomic E-state index is -1.53. The summed E-state index contributed by atoms with van der Waals surface area (Å²) in [5.74, 6) is -0.314. The van der Waals surface area contributed by atoms with Crippen LogP contribution >= 0.6 is 0 Å². The number of carbonyl (C=O) groups is 1. The first-order valence-corrected chi connectivity index (χ1v) is 22.1. The quantitative estimate of drug-likeness (QED) is 0.0360. The van der Waals surface area contributed by atoms with Crippen molar-refractivity contribution in [2.45, 2.75) is 243 Å². The maximum atomic E-state index is 12.6. The Bertz CT molecular complexity index is 767. The van der Waals surface area contributed by atoms with Gasteiger partial charge in [0, 0.05) is 13.0 Å². The van der Waals surface area contributed by atoms with E-state index in [4.69, 9.17) is 18.9 Å². The van der Waals surface area contributed by atoms with Gasteiger partial charge in [0.05, 0.1) is 19.8 Å². The number of hydrogen-bond acceptors (Lipinski definition) is 9. The summed E-state index contributed by atoms with van der Waals surface area (Å²) >= 11 is 0. The SMILES string of the molecule is CCCCCCCCCCCCCCCCCCCCCCCOCC(COC1OC(CO)C(O)C(O)C1O)OC(=O)CCCCCCCCCC. The highest BCUT2D eigenvalue weighted by Crippen LogP contribution is 2.23.